The van der Waals surface area contributed by atoms with Crippen LogP contribution in [0.1, 0.15) is 6.92 Å². The van der Waals surface area contributed by atoms with E-state index in [-0.39, 0.29) is 24.1 Å². The third-order valence-corrected chi connectivity index (χ3v) is 2.65. The van der Waals surface area contributed by atoms with Crippen molar-refractivity contribution < 1.29 is 13.6 Å². The van der Waals surface area contributed by atoms with Crippen LogP contribution in [-0.4, -0.2) is 50.0 Å². The number of carbonyl (C=O) groups excluding carboxylic acids is 1. The molecule has 7 heteroatoms. The van der Waals surface area contributed by atoms with Crippen LogP contribution < -0.4 is 10.2 Å². The molecule has 0 radical (unpaired) electrons. The summed E-state index contributed by atoms with van der Waals surface area (Å²) in [6.45, 7) is 2.15. The third-order valence-electron chi connectivity index (χ3n) is 2.65. The van der Waals surface area contributed by atoms with Gasteiger partial charge in [0.05, 0.1) is 6.54 Å². The Morgan fingerprint density at radius 3 is 2.47 bits per heavy atom. The zero-order chi connectivity index (χ0) is 14.6. The highest BCUT2D eigenvalue weighted by molar-refractivity contribution is 5.80. The fourth-order valence-electron chi connectivity index (χ4n) is 1.50. The first-order chi connectivity index (χ1) is 8.90. The number of aromatic nitrogens is 1. The van der Waals surface area contributed by atoms with Crippen molar-refractivity contribution in [2.24, 2.45) is 0 Å². The zero-order valence-corrected chi connectivity index (χ0v) is 11.5. The average Bonchev–Trinajstić information content (AvgIpc) is 2.36. The Balaban J connectivity index is 3.07. The first kappa shape index (κ1) is 15.1. The fraction of sp³-hybridized carbons (Fsp3) is 0.500. The van der Waals surface area contributed by atoms with Gasteiger partial charge in [-0.25, -0.2) is 13.8 Å². The molecule has 0 fully saturated rings. The molecule has 1 amide bonds. The first-order valence-electron chi connectivity index (χ1n) is 5.89. The molecule has 0 aliphatic rings. The summed E-state index contributed by atoms with van der Waals surface area (Å²) in [5.41, 5.74) is 0. The highest BCUT2D eigenvalue weighted by Crippen LogP contribution is 2.21. The molecule has 19 heavy (non-hydrogen) atoms. The molecule has 0 aliphatic heterocycles. The highest BCUT2D eigenvalue weighted by Gasteiger charge is 2.19. The largest absolute Gasteiger partial charge is 0.371 e. The van der Waals surface area contributed by atoms with Crippen molar-refractivity contribution in [1.29, 1.82) is 0 Å². The van der Waals surface area contributed by atoms with Gasteiger partial charge >= 0.3 is 0 Å². The van der Waals surface area contributed by atoms with E-state index >= 15 is 0 Å². The molecule has 0 unspecified atom stereocenters. The molecule has 1 rings (SSSR count). The number of hydrogen-bond acceptors (Lipinski definition) is 4. The minimum Gasteiger partial charge on any atom is -0.371 e. The normalized spacial score (nSPS) is 10.2. The topological polar surface area (TPSA) is 48.5 Å². The van der Waals surface area contributed by atoms with E-state index in [4.69, 9.17) is 0 Å². The fourth-order valence-corrected chi connectivity index (χ4v) is 1.50. The maximum absolute atomic E-state index is 13.8. The van der Waals surface area contributed by atoms with Crippen molar-refractivity contribution in [3.63, 3.8) is 0 Å². The Labute approximate surface area is 111 Å². The molecule has 5 nitrogen and oxygen atoms in total. The zero-order valence-electron chi connectivity index (χ0n) is 11.5. The molecule has 1 heterocycles. The maximum atomic E-state index is 13.8. The van der Waals surface area contributed by atoms with E-state index in [0.29, 0.717) is 6.54 Å². The predicted molar refractivity (Wildman–Crippen MR) is 70.3 cm³/mol. The number of pyridine rings is 1. The smallest absolute Gasteiger partial charge is 0.241 e. The Kier molecular flexibility index (Phi) is 5.02. The van der Waals surface area contributed by atoms with Crippen LogP contribution >= 0.6 is 0 Å². The Morgan fingerprint density at radius 2 is 2.00 bits per heavy atom. The number of halogens is 2. The summed E-state index contributed by atoms with van der Waals surface area (Å²) in [6.07, 6.45) is 0. The van der Waals surface area contributed by atoms with Gasteiger partial charge in [-0.05, 0) is 6.92 Å². The van der Waals surface area contributed by atoms with Crippen molar-refractivity contribution >= 4 is 17.5 Å². The minimum absolute atomic E-state index is 0.0117. The number of anilines is 2. The Bertz CT molecular complexity index is 465. The number of rotatable bonds is 5. The lowest BCUT2D eigenvalue weighted by Gasteiger charge is -2.24. The summed E-state index contributed by atoms with van der Waals surface area (Å²) in [5.74, 6) is -1.82. The van der Waals surface area contributed by atoms with E-state index in [1.807, 2.05) is 0 Å². The van der Waals surface area contributed by atoms with Crippen LogP contribution in [0.2, 0.25) is 0 Å². The van der Waals surface area contributed by atoms with Gasteiger partial charge in [-0.3, -0.25) is 4.79 Å². The van der Waals surface area contributed by atoms with E-state index in [2.05, 4.69) is 10.3 Å². The second-order valence-corrected chi connectivity index (χ2v) is 4.18. The van der Waals surface area contributed by atoms with Crippen LogP contribution in [0.15, 0.2) is 6.07 Å². The number of carbonyl (C=O) groups is 1. The van der Waals surface area contributed by atoms with Gasteiger partial charge in [0.25, 0.3) is 0 Å². The van der Waals surface area contributed by atoms with Gasteiger partial charge in [-0.1, -0.05) is 0 Å². The van der Waals surface area contributed by atoms with E-state index in [1.165, 1.54) is 16.8 Å². The molecule has 0 atom stereocenters. The molecule has 0 saturated heterocycles. The van der Waals surface area contributed by atoms with Crippen LogP contribution in [0.3, 0.4) is 0 Å². The molecule has 1 aromatic heterocycles. The minimum atomic E-state index is -0.787. The highest BCUT2D eigenvalue weighted by atomic mass is 19.1. The second kappa shape index (κ2) is 6.31. The SMILES string of the molecule is CCN(CC(=O)N(C)C)c1nc(NC)c(F)cc1F. The average molecular weight is 272 g/mol. The molecule has 1 aromatic rings. The summed E-state index contributed by atoms with van der Waals surface area (Å²) < 4.78 is 27.1. The van der Waals surface area contributed by atoms with Crippen LogP contribution in [0.5, 0.6) is 0 Å². The maximum Gasteiger partial charge on any atom is 0.241 e. The van der Waals surface area contributed by atoms with Gasteiger partial charge in [-0.2, -0.15) is 0 Å². The summed E-state index contributed by atoms with van der Waals surface area (Å²) in [6, 6.07) is 0.761. The Morgan fingerprint density at radius 1 is 1.37 bits per heavy atom. The number of nitrogens with one attached hydrogen (secondary N) is 1. The van der Waals surface area contributed by atoms with Gasteiger partial charge in [0.2, 0.25) is 5.91 Å². The summed E-state index contributed by atoms with van der Waals surface area (Å²) in [7, 11) is 4.72. The standard InChI is InChI=1S/C12H18F2N4O/c1-5-18(7-10(19)17(3)4)12-9(14)6-8(13)11(15-2)16-12/h6H,5,7H2,1-4H3,(H,15,16). The Hall–Kier alpha value is -1.92. The lowest BCUT2D eigenvalue weighted by molar-refractivity contribution is -0.127. The van der Waals surface area contributed by atoms with Crippen molar-refractivity contribution in [3.05, 3.63) is 17.7 Å². The monoisotopic (exact) mass is 272 g/mol. The van der Waals surface area contributed by atoms with E-state index in [9.17, 15) is 13.6 Å². The molecule has 1 N–H and O–H groups in total. The van der Waals surface area contributed by atoms with E-state index < -0.39 is 11.6 Å². The molecule has 106 valence electrons. The number of likely N-dealkylation sites (N-methyl/N-ethyl adjacent to an activating group) is 2. The first-order valence-corrected chi connectivity index (χ1v) is 5.89. The van der Waals surface area contributed by atoms with Gasteiger partial charge in [-0.15, -0.1) is 0 Å². The second-order valence-electron chi connectivity index (χ2n) is 4.18. The van der Waals surface area contributed by atoms with Crippen molar-refractivity contribution in [3.8, 4) is 0 Å². The molecule has 0 aromatic carbocycles. The van der Waals surface area contributed by atoms with E-state index in [1.54, 1.807) is 21.0 Å². The molecule has 0 saturated carbocycles. The van der Waals surface area contributed by atoms with Gasteiger partial charge < -0.3 is 15.1 Å². The predicted octanol–water partition coefficient (Wildman–Crippen LogP) is 1.32. The van der Waals surface area contributed by atoms with Gasteiger partial charge in [0.1, 0.15) is 0 Å². The third kappa shape index (κ3) is 3.52. The van der Waals surface area contributed by atoms with Crippen LogP contribution in [0.25, 0.3) is 0 Å². The molecular weight excluding hydrogens is 254 g/mol. The van der Waals surface area contributed by atoms with Crippen LogP contribution in [0, 0.1) is 11.6 Å². The van der Waals surface area contributed by atoms with Crippen LogP contribution in [-0.2, 0) is 4.79 Å². The van der Waals surface area contributed by atoms with Crippen LogP contribution in [0.4, 0.5) is 20.4 Å². The number of hydrogen-bond donors (Lipinski definition) is 1. The molecular formula is C12H18F2N4O. The molecule has 0 aliphatic carbocycles. The lowest BCUT2D eigenvalue weighted by Crippen LogP contribution is -2.37. The van der Waals surface area contributed by atoms with Gasteiger partial charge in [0, 0.05) is 33.8 Å². The molecule has 0 bridgehead atoms. The van der Waals surface area contributed by atoms with Crippen molar-refractivity contribution in [2.75, 3.05) is 44.4 Å². The molecule has 0 spiro atoms. The summed E-state index contributed by atoms with van der Waals surface area (Å²) in [4.78, 5) is 18.4. The number of amides is 1. The van der Waals surface area contributed by atoms with Crippen molar-refractivity contribution in [1.82, 2.24) is 9.88 Å². The van der Waals surface area contributed by atoms with Gasteiger partial charge in [0.15, 0.2) is 23.3 Å². The summed E-state index contributed by atoms with van der Waals surface area (Å²) in [5, 5.41) is 2.54. The summed E-state index contributed by atoms with van der Waals surface area (Å²) >= 11 is 0. The lowest BCUT2D eigenvalue weighted by atomic mass is 10.3. The quantitative estimate of drug-likeness (QED) is 0.878. The number of nitrogens with zero attached hydrogens (tertiary/aromatic N) is 3. The van der Waals surface area contributed by atoms with Crippen molar-refractivity contribution in [2.45, 2.75) is 6.92 Å². The van der Waals surface area contributed by atoms with E-state index in [0.717, 1.165) is 6.07 Å².